The highest BCUT2D eigenvalue weighted by molar-refractivity contribution is 5.98. The highest BCUT2D eigenvalue weighted by Gasteiger charge is 2.25. The summed E-state index contributed by atoms with van der Waals surface area (Å²) in [6, 6.07) is 0. The molecule has 100 valence electrons. The zero-order chi connectivity index (χ0) is 13.1. The van der Waals surface area contributed by atoms with E-state index in [-0.39, 0.29) is 12.2 Å². The topological polar surface area (TPSA) is 61.8 Å². The Morgan fingerprint density at radius 3 is 2.35 bits per heavy atom. The average molecular weight is 246 g/mol. The van der Waals surface area contributed by atoms with Crippen LogP contribution in [0.15, 0.2) is 0 Å². The molecule has 0 bridgehead atoms. The van der Waals surface area contributed by atoms with Crippen LogP contribution in [-0.4, -0.2) is 45.3 Å². The van der Waals surface area contributed by atoms with Gasteiger partial charge in [0.2, 0.25) is 0 Å². The van der Waals surface area contributed by atoms with Gasteiger partial charge < -0.3 is 14.2 Å². The molecular formula is C12H22O5. The summed E-state index contributed by atoms with van der Waals surface area (Å²) in [7, 11) is 1.59. The molecule has 0 rings (SSSR count). The quantitative estimate of drug-likeness (QED) is 0.329. The summed E-state index contributed by atoms with van der Waals surface area (Å²) < 4.78 is 14.8. The minimum Gasteiger partial charge on any atom is -0.465 e. The van der Waals surface area contributed by atoms with E-state index in [1.54, 1.807) is 21.0 Å². The summed E-state index contributed by atoms with van der Waals surface area (Å²) in [6.45, 7) is 5.10. The molecule has 17 heavy (non-hydrogen) atoms. The normalized spacial score (nSPS) is 12.2. The van der Waals surface area contributed by atoms with Crippen LogP contribution in [0.1, 0.15) is 26.7 Å². The molecule has 5 nitrogen and oxygen atoms in total. The van der Waals surface area contributed by atoms with Crippen molar-refractivity contribution in [3.8, 4) is 0 Å². The molecule has 0 aromatic rings. The number of carbonyl (C=O) groups excluding carboxylic acids is 2. The first kappa shape index (κ1) is 16.1. The monoisotopic (exact) mass is 246 g/mol. The standard InChI is InChI=1S/C12H22O5/c1-4-10(12(14)17-5-2)11(13)6-7-16-9-8-15-3/h10H,4-9H2,1-3H3. The minimum atomic E-state index is -0.652. The van der Waals surface area contributed by atoms with Crippen LogP contribution in [0.3, 0.4) is 0 Å². The molecule has 0 aliphatic rings. The third kappa shape index (κ3) is 7.07. The summed E-state index contributed by atoms with van der Waals surface area (Å²) >= 11 is 0. The summed E-state index contributed by atoms with van der Waals surface area (Å²) in [4.78, 5) is 23.2. The van der Waals surface area contributed by atoms with Crippen molar-refractivity contribution in [2.45, 2.75) is 26.7 Å². The molecular weight excluding hydrogens is 224 g/mol. The second kappa shape index (κ2) is 10.2. The van der Waals surface area contributed by atoms with Crippen molar-refractivity contribution in [2.75, 3.05) is 33.5 Å². The van der Waals surface area contributed by atoms with E-state index in [1.807, 2.05) is 0 Å². The summed E-state index contributed by atoms with van der Waals surface area (Å²) in [5.41, 5.74) is 0. The fourth-order valence-corrected chi connectivity index (χ4v) is 1.36. The van der Waals surface area contributed by atoms with Crippen LogP contribution in [-0.2, 0) is 23.8 Å². The number of ketones is 1. The summed E-state index contributed by atoms with van der Waals surface area (Å²) in [5, 5.41) is 0. The second-order valence-electron chi connectivity index (χ2n) is 3.53. The molecule has 5 heteroatoms. The van der Waals surface area contributed by atoms with Gasteiger partial charge in [-0.2, -0.15) is 0 Å². The van der Waals surface area contributed by atoms with Crippen molar-refractivity contribution in [3.05, 3.63) is 0 Å². The van der Waals surface area contributed by atoms with Gasteiger partial charge in [-0.1, -0.05) is 6.92 Å². The van der Waals surface area contributed by atoms with Crippen molar-refractivity contribution in [2.24, 2.45) is 5.92 Å². The first-order valence-electron chi connectivity index (χ1n) is 5.93. The highest BCUT2D eigenvalue weighted by atomic mass is 16.5. The molecule has 0 aromatic carbocycles. The number of hydrogen-bond donors (Lipinski definition) is 0. The van der Waals surface area contributed by atoms with E-state index in [4.69, 9.17) is 14.2 Å². The van der Waals surface area contributed by atoms with E-state index in [1.165, 1.54) is 0 Å². The van der Waals surface area contributed by atoms with Gasteiger partial charge >= 0.3 is 5.97 Å². The molecule has 0 N–H and O–H groups in total. The minimum absolute atomic E-state index is 0.122. The molecule has 0 radical (unpaired) electrons. The largest absolute Gasteiger partial charge is 0.465 e. The number of carbonyl (C=O) groups is 2. The van der Waals surface area contributed by atoms with Gasteiger partial charge in [0.05, 0.1) is 26.4 Å². The van der Waals surface area contributed by atoms with Crippen molar-refractivity contribution in [1.82, 2.24) is 0 Å². The number of esters is 1. The maximum Gasteiger partial charge on any atom is 0.316 e. The molecule has 1 atom stereocenters. The summed E-state index contributed by atoms with van der Waals surface area (Å²) in [6.07, 6.45) is 0.705. The van der Waals surface area contributed by atoms with Crippen molar-refractivity contribution in [3.63, 3.8) is 0 Å². The lowest BCUT2D eigenvalue weighted by Crippen LogP contribution is -2.26. The number of rotatable bonds is 10. The lowest BCUT2D eigenvalue weighted by molar-refractivity contribution is -0.151. The number of methoxy groups -OCH3 is 1. The third-order valence-electron chi connectivity index (χ3n) is 2.29. The van der Waals surface area contributed by atoms with Gasteiger partial charge in [-0.25, -0.2) is 0 Å². The predicted octanol–water partition coefficient (Wildman–Crippen LogP) is 1.20. The first-order chi connectivity index (χ1) is 8.17. The second-order valence-corrected chi connectivity index (χ2v) is 3.53. The van der Waals surface area contributed by atoms with E-state index in [2.05, 4.69) is 0 Å². The van der Waals surface area contributed by atoms with Crippen LogP contribution in [0.4, 0.5) is 0 Å². The van der Waals surface area contributed by atoms with Crippen molar-refractivity contribution in [1.29, 1.82) is 0 Å². The van der Waals surface area contributed by atoms with Crippen LogP contribution in [0.2, 0.25) is 0 Å². The average Bonchev–Trinajstić information content (AvgIpc) is 2.30. The Balaban J connectivity index is 3.88. The molecule has 0 heterocycles. The Morgan fingerprint density at radius 2 is 1.82 bits per heavy atom. The smallest absolute Gasteiger partial charge is 0.316 e. The molecule has 0 aliphatic heterocycles. The fourth-order valence-electron chi connectivity index (χ4n) is 1.36. The highest BCUT2D eigenvalue weighted by Crippen LogP contribution is 2.09. The molecule has 0 spiro atoms. The van der Waals surface area contributed by atoms with Crippen molar-refractivity contribution < 1.29 is 23.8 Å². The maximum atomic E-state index is 11.7. The summed E-state index contributed by atoms with van der Waals surface area (Å²) in [5.74, 6) is -1.21. The van der Waals surface area contributed by atoms with E-state index in [0.29, 0.717) is 32.8 Å². The van der Waals surface area contributed by atoms with Gasteiger partial charge in [-0.15, -0.1) is 0 Å². The molecule has 0 amide bonds. The lowest BCUT2D eigenvalue weighted by Gasteiger charge is -2.12. The Hall–Kier alpha value is -0.940. The van der Waals surface area contributed by atoms with Gasteiger partial charge in [0, 0.05) is 13.5 Å². The van der Waals surface area contributed by atoms with Crippen LogP contribution in [0, 0.1) is 5.92 Å². The van der Waals surface area contributed by atoms with E-state index in [0.717, 1.165) is 0 Å². The van der Waals surface area contributed by atoms with E-state index in [9.17, 15) is 9.59 Å². The Morgan fingerprint density at radius 1 is 1.12 bits per heavy atom. The molecule has 0 saturated heterocycles. The predicted molar refractivity (Wildman–Crippen MR) is 62.7 cm³/mol. The Bertz CT molecular complexity index is 227. The Kier molecular flexibility index (Phi) is 9.66. The number of Topliss-reactive ketones (excluding diaryl/α,β-unsaturated/α-hetero) is 1. The van der Waals surface area contributed by atoms with Gasteiger partial charge in [0.15, 0.2) is 0 Å². The van der Waals surface area contributed by atoms with E-state index >= 15 is 0 Å². The molecule has 0 saturated carbocycles. The first-order valence-corrected chi connectivity index (χ1v) is 5.93. The van der Waals surface area contributed by atoms with E-state index < -0.39 is 11.9 Å². The van der Waals surface area contributed by atoms with Crippen LogP contribution >= 0.6 is 0 Å². The molecule has 0 fully saturated rings. The number of hydrogen-bond acceptors (Lipinski definition) is 5. The van der Waals surface area contributed by atoms with Gasteiger partial charge in [0.1, 0.15) is 11.7 Å². The fraction of sp³-hybridized carbons (Fsp3) is 0.833. The Labute approximate surface area is 102 Å². The number of ether oxygens (including phenoxy) is 3. The molecule has 0 aromatic heterocycles. The van der Waals surface area contributed by atoms with Crippen LogP contribution in [0.25, 0.3) is 0 Å². The van der Waals surface area contributed by atoms with Gasteiger partial charge in [0.25, 0.3) is 0 Å². The zero-order valence-electron chi connectivity index (χ0n) is 10.9. The third-order valence-corrected chi connectivity index (χ3v) is 2.29. The lowest BCUT2D eigenvalue weighted by atomic mass is 9.99. The van der Waals surface area contributed by atoms with Crippen molar-refractivity contribution >= 4 is 11.8 Å². The molecule has 1 unspecified atom stereocenters. The molecule has 0 aliphatic carbocycles. The SMILES string of the molecule is CCOC(=O)C(CC)C(=O)CCOCCOC. The van der Waals surface area contributed by atoms with Crippen LogP contribution in [0.5, 0.6) is 0 Å². The maximum absolute atomic E-state index is 11.7. The van der Waals surface area contributed by atoms with Gasteiger partial charge in [-0.3, -0.25) is 9.59 Å². The van der Waals surface area contributed by atoms with Gasteiger partial charge in [-0.05, 0) is 13.3 Å². The zero-order valence-corrected chi connectivity index (χ0v) is 10.9. The van der Waals surface area contributed by atoms with Crippen LogP contribution < -0.4 is 0 Å².